The molecule has 1 fully saturated rings. The van der Waals surface area contributed by atoms with E-state index in [1.807, 2.05) is 6.92 Å². The van der Waals surface area contributed by atoms with Gasteiger partial charge in [-0.15, -0.1) is 0 Å². The van der Waals surface area contributed by atoms with Crippen molar-refractivity contribution in [2.24, 2.45) is 0 Å². The molecule has 2 N–H and O–H groups in total. The van der Waals surface area contributed by atoms with Crippen LogP contribution in [0.3, 0.4) is 0 Å². The molecule has 0 spiro atoms. The largest absolute Gasteiger partial charge is 0.395 e. The lowest BCUT2D eigenvalue weighted by atomic mass is 10.1. The number of aryl methyl sites for hydroxylation is 1. The van der Waals surface area contributed by atoms with Crippen LogP contribution >= 0.6 is 0 Å². The van der Waals surface area contributed by atoms with Crippen molar-refractivity contribution in [1.29, 1.82) is 0 Å². The van der Waals surface area contributed by atoms with Gasteiger partial charge in [0.1, 0.15) is 0 Å². The van der Waals surface area contributed by atoms with Crippen molar-refractivity contribution in [3.63, 3.8) is 0 Å². The van der Waals surface area contributed by atoms with E-state index in [1.165, 1.54) is 0 Å². The predicted octanol–water partition coefficient (Wildman–Crippen LogP) is 1.56. The molecule has 1 aromatic carbocycles. The second kappa shape index (κ2) is 5.57. The third-order valence-electron chi connectivity index (χ3n) is 3.33. The summed E-state index contributed by atoms with van der Waals surface area (Å²) in [5, 5.41) is 8.70. The van der Waals surface area contributed by atoms with E-state index < -0.39 is 10.0 Å². The Balaban J connectivity index is 2.31. The molecule has 0 saturated heterocycles. The smallest absolute Gasteiger partial charge is 0.241 e. The van der Waals surface area contributed by atoms with Gasteiger partial charge in [-0.25, -0.2) is 13.1 Å². The zero-order valence-corrected chi connectivity index (χ0v) is 12.5. The van der Waals surface area contributed by atoms with Gasteiger partial charge >= 0.3 is 0 Å². The van der Waals surface area contributed by atoms with Crippen LogP contribution in [0.1, 0.15) is 37.3 Å². The van der Waals surface area contributed by atoms with E-state index in [1.54, 1.807) is 25.1 Å². The zero-order chi connectivity index (χ0) is 14.8. The molecule has 5 heteroatoms. The third kappa shape index (κ3) is 3.60. The average molecular weight is 293 g/mol. The van der Waals surface area contributed by atoms with Crippen LogP contribution in [0.2, 0.25) is 0 Å². The molecule has 0 aromatic heterocycles. The standard InChI is InChI=1S/C15H19NO3S/c1-12-6-7-13(5-3-4-10-17)11-14(12)20(18,19)16-15(2)8-9-15/h6-7,11,16-17H,4,8-10H2,1-2H3. The highest BCUT2D eigenvalue weighted by Gasteiger charge is 2.41. The van der Waals surface area contributed by atoms with Crippen LogP contribution in [0.5, 0.6) is 0 Å². The second-order valence-corrected chi connectivity index (χ2v) is 7.07. The van der Waals surface area contributed by atoms with Crippen LogP contribution in [0.4, 0.5) is 0 Å². The molecule has 0 unspecified atom stereocenters. The molecular weight excluding hydrogens is 274 g/mol. The van der Waals surface area contributed by atoms with Gasteiger partial charge in [-0.3, -0.25) is 0 Å². The normalized spacial score (nSPS) is 16.4. The van der Waals surface area contributed by atoms with E-state index in [4.69, 9.17) is 5.11 Å². The molecule has 0 amide bonds. The van der Waals surface area contributed by atoms with Crippen LogP contribution in [-0.2, 0) is 10.0 Å². The minimum Gasteiger partial charge on any atom is -0.395 e. The molecule has 0 atom stereocenters. The number of aliphatic hydroxyl groups excluding tert-OH is 1. The Morgan fingerprint density at radius 2 is 2.10 bits per heavy atom. The Kier molecular flexibility index (Phi) is 4.19. The highest BCUT2D eigenvalue weighted by Crippen LogP contribution is 2.36. The number of nitrogens with one attached hydrogen (secondary N) is 1. The van der Waals surface area contributed by atoms with Crippen molar-refractivity contribution in [2.45, 2.75) is 43.5 Å². The number of benzene rings is 1. The number of rotatable bonds is 4. The second-order valence-electron chi connectivity index (χ2n) is 5.42. The monoisotopic (exact) mass is 293 g/mol. The molecule has 0 bridgehead atoms. The fraction of sp³-hybridized carbons (Fsp3) is 0.467. The molecule has 20 heavy (non-hydrogen) atoms. The van der Waals surface area contributed by atoms with Crippen LogP contribution in [0.15, 0.2) is 23.1 Å². The first-order chi connectivity index (χ1) is 9.36. The summed E-state index contributed by atoms with van der Waals surface area (Å²) in [6.07, 6.45) is 2.13. The lowest BCUT2D eigenvalue weighted by Crippen LogP contribution is -2.34. The molecule has 1 saturated carbocycles. The number of aliphatic hydroxyl groups is 1. The molecule has 2 rings (SSSR count). The Hall–Kier alpha value is -1.35. The van der Waals surface area contributed by atoms with Crippen LogP contribution < -0.4 is 4.72 Å². The van der Waals surface area contributed by atoms with Crippen molar-refractivity contribution in [3.8, 4) is 11.8 Å². The van der Waals surface area contributed by atoms with Gasteiger partial charge in [0.05, 0.1) is 11.5 Å². The van der Waals surface area contributed by atoms with Gasteiger partial charge in [0.2, 0.25) is 10.0 Å². The van der Waals surface area contributed by atoms with E-state index in [0.29, 0.717) is 17.5 Å². The topological polar surface area (TPSA) is 66.4 Å². The van der Waals surface area contributed by atoms with E-state index >= 15 is 0 Å². The Bertz CT molecular complexity index is 664. The maximum absolute atomic E-state index is 12.4. The van der Waals surface area contributed by atoms with Gasteiger partial charge in [0, 0.05) is 17.5 Å². The van der Waals surface area contributed by atoms with Gasteiger partial charge in [-0.05, 0) is 44.4 Å². The maximum atomic E-state index is 12.4. The lowest BCUT2D eigenvalue weighted by Gasteiger charge is -2.14. The Labute approximate surface area is 120 Å². The molecule has 108 valence electrons. The van der Waals surface area contributed by atoms with E-state index in [-0.39, 0.29) is 17.0 Å². The lowest BCUT2D eigenvalue weighted by molar-refractivity contribution is 0.305. The van der Waals surface area contributed by atoms with Gasteiger partial charge in [0.15, 0.2) is 0 Å². The Morgan fingerprint density at radius 3 is 2.70 bits per heavy atom. The highest BCUT2D eigenvalue weighted by molar-refractivity contribution is 7.89. The minimum absolute atomic E-state index is 0.00390. The van der Waals surface area contributed by atoms with E-state index in [0.717, 1.165) is 12.8 Å². The van der Waals surface area contributed by atoms with Crippen molar-refractivity contribution in [2.75, 3.05) is 6.61 Å². The fourth-order valence-electron chi connectivity index (χ4n) is 1.86. The van der Waals surface area contributed by atoms with E-state index in [9.17, 15) is 8.42 Å². The molecule has 0 radical (unpaired) electrons. The molecule has 1 aliphatic rings. The van der Waals surface area contributed by atoms with Gasteiger partial charge in [-0.1, -0.05) is 17.9 Å². The summed E-state index contributed by atoms with van der Waals surface area (Å²) in [4.78, 5) is 0.279. The SMILES string of the molecule is Cc1ccc(C#CCCO)cc1S(=O)(=O)NC1(C)CC1. The molecule has 0 heterocycles. The minimum atomic E-state index is -3.51. The summed E-state index contributed by atoms with van der Waals surface area (Å²) >= 11 is 0. The Morgan fingerprint density at radius 1 is 1.40 bits per heavy atom. The molecule has 1 aromatic rings. The van der Waals surface area contributed by atoms with Crippen LogP contribution in [0.25, 0.3) is 0 Å². The summed E-state index contributed by atoms with van der Waals surface area (Å²) in [5.74, 6) is 5.66. The molecule has 1 aliphatic carbocycles. The number of sulfonamides is 1. The highest BCUT2D eigenvalue weighted by atomic mass is 32.2. The van der Waals surface area contributed by atoms with Crippen LogP contribution in [-0.4, -0.2) is 25.7 Å². The summed E-state index contributed by atoms with van der Waals surface area (Å²) in [5.41, 5.74) is 1.06. The summed E-state index contributed by atoms with van der Waals surface area (Å²) in [6.45, 7) is 3.68. The molecule has 4 nitrogen and oxygen atoms in total. The summed E-state index contributed by atoms with van der Waals surface area (Å²) in [6, 6.07) is 5.14. The first kappa shape index (κ1) is 15.0. The molecule has 0 aliphatic heterocycles. The molecular formula is C15H19NO3S. The predicted molar refractivity (Wildman–Crippen MR) is 77.7 cm³/mol. The zero-order valence-electron chi connectivity index (χ0n) is 11.7. The summed E-state index contributed by atoms with van der Waals surface area (Å²) in [7, 11) is -3.51. The third-order valence-corrected chi connectivity index (χ3v) is 5.11. The number of hydrogen-bond donors (Lipinski definition) is 2. The van der Waals surface area contributed by atoms with Crippen molar-refractivity contribution in [1.82, 2.24) is 4.72 Å². The van der Waals surface area contributed by atoms with E-state index in [2.05, 4.69) is 16.6 Å². The maximum Gasteiger partial charge on any atom is 0.241 e. The quantitative estimate of drug-likeness (QED) is 0.828. The first-order valence-corrected chi connectivity index (χ1v) is 8.09. The van der Waals surface area contributed by atoms with Crippen LogP contribution in [0, 0.1) is 18.8 Å². The van der Waals surface area contributed by atoms with Gasteiger partial charge in [0.25, 0.3) is 0 Å². The first-order valence-electron chi connectivity index (χ1n) is 6.61. The van der Waals surface area contributed by atoms with Crippen molar-refractivity contribution >= 4 is 10.0 Å². The van der Waals surface area contributed by atoms with Crippen molar-refractivity contribution < 1.29 is 13.5 Å². The van der Waals surface area contributed by atoms with Gasteiger partial charge < -0.3 is 5.11 Å². The van der Waals surface area contributed by atoms with Gasteiger partial charge in [-0.2, -0.15) is 0 Å². The average Bonchev–Trinajstić information content (AvgIpc) is 3.08. The summed E-state index contributed by atoms with van der Waals surface area (Å²) < 4.78 is 27.5. The number of hydrogen-bond acceptors (Lipinski definition) is 3. The van der Waals surface area contributed by atoms with Crippen molar-refractivity contribution in [3.05, 3.63) is 29.3 Å². The fourth-order valence-corrected chi connectivity index (χ4v) is 3.59.